The fraction of sp³-hybridized carbons (Fsp3) is 0.133. The van der Waals surface area contributed by atoms with Gasteiger partial charge < -0.3 is 10.1 Å². The predicted octanol–water partition coefficient (Wildman–Crippen LogP) is 3.00. The van der Waals surface area contributed by atoms with E-state index in [-0.39, 0.29) is 5.56 Å². The number of para-hydroxylation sites is 1. The van der Waals surface area contributed by atoms with Gasteiger partial charge in [0.15, 0.2) is 5.75 Å². The second kappa shape index (κ2) is 4.92. The number of hydrogen-bond acceptors (Lipinski definition) is 3. The molecule has 0 saturated carbocycles. The summed E-state index contributed by atoms with van der Waals surface area (Å²) < 4.78 is 32.9. The van der Waals surface area contributed by atoms with Crippen LogP contribution in [0.4, 0.5) is 14.5 Å². The lowest BCUT2D eigenvalue weighted by Crippen LogP contribution is -2.20. The number of halogens is 2. The Morgan fingerprint density at radius 3 is 2.55 bits per heavy atom. The summed E-state index contributed by atoms with van der Waals surface area (Å²) in [5, 5.41) is 3.07. The van der Waals surface area contributed by atoms with Gasteiger partial charge in [-0.2, -0.15) is 0 Å². The Morgan fingerprint density at radius 1 is 1.10 bits per heavy atom. The largest absolute Gasteiger partial charge is 0.489 e. The van der Waals surface area contributed by atoms with E-state index < -0.39 is 23.0 Å². The molecule has 1 heterocycles. The van der Waals surface area contributed by atoms with E-state index in [0.29, 0.717) is 24.6 Å². The van der Waals surface area contributed by atoms with Crippen molar-refractivity contribution in [3.05, 3.63) is 59.2 Å². The van der Waals surface area contributed by atoms with Crippen molar-refractivity contribution in [2.45, 2.75) is 0 Å². The minimum atomic E-state index is -0.878. The lowest BCUT2D eigenvalue weighted by Gasteiger charge is -2.21. The summed E-state index contributed by atoms with van der Waals surface area (Å²) in [4.78, 5) is 12.4. The second-order valence-corrected chi connectivity index (χ2v) is 4.38. The summed E-state index contributed by atoms with van der Waals surface area (Å²) in [7, 11) is 0. The number of fused-ring (bicyclic) bond motifs is 1. The number of ether oxygens (including phenoxy) is 1. The predicted molar refractivity (Wildman–Crippen MR) is 70.2 cm³/mol. The van der Waals surface area contributed by atoms with E-state index in [4.69, 9.17) is 4.74 Å². The first-order chi connectivity index (χ1) is 9.68. The molecule has 5 heteroatoms. The second-order valence-electron chi connectivity index (χ2n) is 4.38. The van der Waals surface area contributed by atoms with E-state index in [1.54, 1.807) is 12.1 Å². The van der Waals surface area contributed by atoms with E-state index in [9.17, 15) is 13.6 Å². The topological polar surface area (TPSA) is 38.3 Å². The van der Waals surface area contributed by atoms with E-state index in [1.807, 2.05) is 0 Å². The smallest absolute Gasteiger partial charge is 0.202 e. The van der Waals surface area contributed by atoms with Gasteiger partial charge in [-0.05, 0) is 24.3 Å². The van der Waals surface area contributed by atoms with Gasteiger partial charge in [0.2, 0.25) is 5.78 Å². The summed E-state index contributed by atoms with van der Waals surface area (Å²) in [6, 6.07) is 8.24. The molecule has 1 aliphatic heterocycles. The normalized spacial score (nSPS) is 13.1. The van der Waals surface area contributed by atoms with Crippen molar-refractivity contribution in [1.82, 2.24) is 0 Å². The Kier molecular flexibility index (Phi) is 3.10. The van der Waals surface area contributed by atoms with E-state index >= 15 is 0 Å². The Hall–Kier alpha value is -2.43. The first-order valence-electron chi connectivity index (χ1n) is 6.17. The zero-order chi connectivity index (χ0) is 14.1. The van der Waals surface area contributed by atoms with Crippen LogP contribution >= 0.6 is 0 Å². The average Bonchev–Trinajstić information content (AvgIpc) is 2.46. The maximum atomic E-state index is 13.7. The van der Waals surface area contributed by atoms with Crippen LogP contribution in [0, 0.1) is 11.6 Å². The monoisotopic (exact) mass is 275 g/mol. The van der Waals surface area contributed by atoms with Gasteiger partial charge in [-0.25, -0.2) is 8.78 Å². The lowest BCUT2D eigenvalue weighted by atomic mass is 10.00. The molecule has 0 unspecified atom stereocenters. The summed E-state index contributed by atoms with van der Waals surface area (Å²) >= 11 is 0. The van der Waals surface area contributed by atoms with Crippen LogP contribution < -0.4 is 10.1 Å². The third kappa shape index (κ3) is 2.01. The maximum absolute atomic E-state index is 13.7. The fourth-order valence-electron chi connectivity index (χ4n) is 2.20. The molecule has 1 N–H and O–H groups in total. The quantitative estimate of drug-likeness (QED) is 0.856. The molecule has 2 aromatic carbocycles. The highest BCUT2D eigenvalue weighted by atomic mass is 19.1. The molecule has 0 saturated heterocycles. The van der Waals surface area contributed by atoms with Crippen LogP contribution in [-0.4, -0.2) is 18.9 Å². The number of ketones is 1. The molecular formula is C15H11F2NO2. The standard InChI is InChI=1S/C15H11F2NO2/c16-10-4-2-5-11(17)13(10)14(19)9-3-1-6-12-15(9)20-8-7-18-12/h1-6,18H,7-8H2. The van der Waals surface area contributed by atoms with Crippen LogP contribution in [0.2, 0.25) is 0 Å². The molecule has 0 aliphatic carbocycles. The molecule has 2 aromatic rings. The minimum absolute atomic E-state index is 0.152. The van der Waals surface area contributed by atoms with E-state index in [2.05, 4.69) is 5.32 Å². The van der Waals surface area contributed by atoms with Crippen molar-refractivity contribution in [1.29, 1.82) is 0 Å². The van der Waals surface area contributed by atoms with Crippen molar-refractivity contribution < 1.29 is 18.3 Å². The van der Waals surface area contributed by atoms with Gasteiger partial charge in [-0.1, -0.05) is 12.1 Å². The van der Waals surface area contributed by atoms with Crippen LogP contribution in [0.3, 0.4) is 0 Å². The highest BCUT2D eigenvalue weighted by Gasteiger charge is 2.24. The zero-order valence-corrected chi connectivity index (χ0v) is 10.5. The molecule has 0 spiro atoms. The molecule has 3 rings (SSSR count). The summed E-state index contributed by atoms with van der Waals surface area (Å²) in [5.74, 6) is -2.14. The zero-order valence-electron chi connectivity index (χ0n) is 10.5. The number of anilines is 1. The first-order valence-corrected chi connectivity index (χ1v) is 6.17. The highest BCUT2D eigenvalue weighted by molar-refractivity contribution is 6.12. The number of nitrogens with one attached hydrogen (secondary N) is 1. The Morgan fingerprint density at radius 2 is 1.80 bits per heavy atom. The third-order valence-corrected chi connectivity index (χ3v) is 3.11. The van der Waals surface area contributed by atoms with E-state index in [0.717, 1.165) is 12.1 Å². The van der Waals surface area contributed by atoms with Gasteiger partial charge in [0, 0.05) is 6.54 Å². The maximum Gasteiger partial charge on any atom is 0.202 e. The van der Waals surface area contributed by atoms with Crippen LogP contribution in [0.15, 0.2) is 36.4 Å². The van der Waals surface area contributed by atoms with Crippen LogP contribution in [0.25, 0.3) is 0 Å². The molecule has 3 nitrogen and oxygen atoms in total. The van der Waals surface area contributed by atoms with E-state index in [1.165, 1.54) is 12.1 Å². The fourth-order valence-corrected chi connectivity index (χ4v) is 2.20. The van der Waals surface area contributed by atoms with Crippen molar-refractivity contribution in [3.63, 3.8) is 0 Å². The van der Waals surface area contributed by atoms with Gasteiger partial charge in [-0.15, -0.1) is 0 Å². The van der Waals surface area contributed by atoms with Gasteiger partial charge in [0.1, 0.15) is 18.2 Å². The van der Waals surface area contributed by atoms with Crippen LogP contribution in [0.5, 0.6) is 5.75 Å². The van der Waals surface area contributed by atoms with Gasteiger partial charge in [0.25, 0.3) is 0 Å². The van der Waals surface area contributed by atoms with Crippen molar-refractivity contribution in [3.8, 4) is 5.75 Å². The number of benzene rings is 2. The SMILES string of the molecule is O=C(c1cccc2c1OCCN2)c1c(F)cccc1F. The average molecular weight is 275 g/mol. The Labute approximate surface area is 114 Å². The Balaban J connectivity index is 2.12. The van der Waals surface area contributed by atoms with Crippen molar-refractivity contribution in [2.75, 3.05) is 18.5 Å². The Bertz CT molecular complexity index is 665. The first kappa shape index (κ1) is 12.6. The molecule has 1 aliphatic rings. The van der Waals surface area contributed by atoms with Crippen molar-refractivity contribution in [2.24, 2.45) is 0 Å². The molecule has 20 heavy (non-hydrogen) atoms. The van der Waals surface area contributed by atoms with Gasteiger partial charge >= 0.3 is 0 Å². The molecule has 0 bridgehead atoms. The molecule has 0 atom stereocenters. The molecule has 0 fully saturated rings. The van der Waals surface area contributed by atoms with Gasteiger partial charge in [-0.3, -0.25) is 4.79 Å². The van der Waals surface area contributed by atoms with Gasteiger partial charge in [0.05, 0.1) is 16.8 Å². The number of rotatable bonds is 2. The molecule has 0 aromatic heterocycles. The highest BCUT2D eigenvalue weighted by Crippen LogP contribution is 2.33. The number of carbonyl (C=O) groups excluding carboxylic acids is 1. The molecule has 0 amide bonds. The third-order valence-electron chi connectivity index (χ3n) is 3.11. The summed E-state index contributed by atoms with van der Waals surface area (Å²) in [6.45, 7) is 1.02. The summed E-state index contributed by atoms with van der Waals surface area (Å²) in [5.41, 5.74) is 0.243. The molecular weight excluding hydrogens is 264 g/mol. The van der Waals surface area contributed by atoms with Crippen LogP contribution in [-0.2, 0) is 0 Å². The molecule has 0 radical (unpaired) electrons. The number of carbonyl (C=O) groups is 1. The summed E-state index contributed by atoms with van der Waals surface area (Å²) in [6.07, 6.45) is 0. The minimum Gasteiger partial charge on any atom is -0.489 e. The van der Waals surface area contributed by atoms with Crippen LogP contribution in [0.1, 0.15) is 15.9 Å². The number of hydrogen-bond donors (Lipinski definition) is 1. The lowest BCUT2D eigenvalue weighted by molar-refractivity contribution is 0.102. The van der Waals surface area contributed by atoms with Crippen molar-refractivity contribution >= 4 is 11.5 Å². The molecule has 102 valence electrons.